The van der Waals surface area contributed by atoms with Crippen LogP contribution >= 0.6 is 0 Å². The predicted molar refractivity (Wildman–Crippen MR) is 65.8 cm³/mol. The van der Waals surface area contributed by atoms with E-state index >= 15 is 0 Å². The molecule has 0 saturated carbocycles. The second kappa shape index (κ2) is 5.95. The smallest absolute Gasteiger partial charge is 0.339 e. The van der Waals surface area contributed by atoms with Gasteiger partial charge in [-0.05, 0) is 12.3 Å². The molecule has 0 radical (unpaired) electrons. The number of pyridine rings is 1. The number of carboxylic acids is 1. The van der Waals surface area contributed by atoms with Gasteiger partial charge in [-0.1, -0.05) is 13.8 Å². The van der Waals surface area contributed by atoms with E-state index in [-0.39, 0.29) is 17.1 Å². The number of nitrogens with one attached hydrogen (secondary N) is 1. The molecular formula is C11H15N3O4. The zero-order chi connectivity index (χ0) is 13.7. The van der Waals surface area contributed by atoms with Crippen LogP contribution in [0, 0.1) is 16.0 Å². The summed E-state index contributed by atoms with van der Waals surface area (Å²) in [6.45, 7) is 4.66. The molecule has 7 nitrogen and oxygen atoms in total. The van der Waals surface area contributed by atoms with Gasteiger partial charge in [0.1, 0.15) is 17.6 Å². The van der Waals surface area contributed by atoms with Crippen LogP contribution in [0.3, 0.4) is 0 Å². The van der Waals surface area contributed by atoms with Gasteiger partial charge in [-0.15, -0.1) is 0 Å². The van der Waals surface area contributed by atoms with Gasteiger partial charge in [-0.2, -0.15) is 0 Å². The lowest BCUT2D eigenvalue weighted by Crippen LogP contribution is -2.11. The number of rotatable bonds is 6. The number of carboxylic acid groups (broad SMARTS) is 1. The molecule has 7 heteroatoms. The van der Waals surface area contributed by atoms with Crippen LogP contribution in [0.5, 0.6) is 0 Å². The fourth-order valence-electron chi connectivity index (χ4n) is 1.34. The number of nitrogens with zero attached hydrogens (tertiary/aromatic N) is 2. The van der Waals surface area contributed by atoms with E-state index in [4.69, 9.17) is 5.11 Å². The largest absolute Gasteiger partial charge is 0.478 e. The molecule has 1 aromatic rings. The van der Waals surface area contributed by atoms with Gasteiger partial charge < -0.3 is 10.4 Å². The van der Waals surface area contributed by atoms with Gasteiger partial charge in [-0.3, -0.25) is 10.1 Å². The normalized spacial score (nSPS) is 10.4. The minimum atomic E-state index is -1.24. The number of nitro groups is 1. The van der Waals surface area contributed by atoms with Crippen molar-refractivity contribution in [3.8, 4) is 0 Å². The van der Waals surface area contributed by atoms with E-state index in [9.17, 15) is 14.9 Å². The van der Waals surface area contributed by atoms with E-state index in [1.54, 1.807) is 0 Å². The molecule has 0 aliphatic rings. The Hall–Kier alpha value is -2.18. The van der Waals surface area contributed by atoms with Crippen LogP contribution < -0.4 is 5.32 Å². The van der Waals surface area contributed by atoms with Crippen molar-refractivity contribution in [3.05, 3.63) is 27.9 Å². The Morgan fingerprint density at radius 2 is 2.28 bits per heavy atom. The summed E-state index contributed by atoms with van der Waals surface area (Å²) in [7, 11) is 0. The molecule has 0 spiro atoms. The van der Waals surface area contributed by atoms with Crippen molar-refractivity contribution in [1.82, 2.24) is 4.98 Å². The lowest BCUT2D eigenvalue weighted by Gasteiger charge is -2.09. The first-order valence-electron chi connectivity index (χ1n) is 5.53. The third kappa shape index (κ3) is 3.69. The van der Waals surface area contributed by atoms with Crippen LogP contribution in [0.2, 0.25) is 0 Å². The molecule has 0 bridgehead atoms. The van der Waals surface area contributed by atoms with Gasteiger partial charge in [0.15, 0.2) is 0 Å². The van der Waals surface area contributed by atoms with Crippen molar-refractivity contribution in [2.45, 2.75) is 20.3 Å². The fourth-order valence-corrected chi connectivity index (χ4v) is 1.34. The standard InChI is InChI=1S/C11H15N3O4/c1-7(2)3-4-12-10-9(11(15)16)5-8(6-13-10)14(17)18/h5-7H,3-4H2,1-2H3,(H,12,13)(H,15,16). The van der Waals surface area contributed by atoms with Crippen LogP contribution in [0.4, 0.5) is 11.5 Å². The van der Waals surface area contributed by atoms with E-state index < -0.39 is 10.9 Å². The predicted octanol–water partition coefficient (Wildman–Crippen LogP) is 2.15. The van der Waals surface area contributed by atoms with Crippen LogP contribution in [-0.4, -0.2) is 27.5 Å². The summed E-state index contributed by atoms with van der Waals surface area (Å²) in [6, 6.07) is 1.01. The molecular weight excluding hydrogens is 238 g/mol. The Labute approximate surface area is 104 Å². The average molecular weight is 253 g/mol. The molecule has 0 aliphatic heterocycles. The maximum atomic E-state index is 11.0. The molecule has 0 unspecified atom stereocenters. The third-order valence-corrected chi connectivity index (χ3v) is 2.33. The Balaban J connectivity index is 2.90. The van der Waals surface area contributed by atoms with Crippen LogP contribution in [0.25, 0.3) is 0 Å². The molecule has 1 aromatic heterocycles. The number of carbonyl (C=O) groups is 1. The van der Waals surface area contributed by atoms with E-state index in [2.05, 4.69) is 10.3 Å². The first kappa shape index (κ1) is 13.9. The maximum Gasteiger partial charge on any atom is 0.339 e. The topological polar surface area (TPSA) is 105 Å². The number of hydrogen-bond donors (Lipinski definition) is 2. The minimum absolute atomic E-state index is 0.161. The number of anilines is 1. The first-order chi connectivity index (χ1) is 8.41. The monoisotopic (exact) mass is 253 g/mol. The molecule has 0 saturated heterocycles. The number of aromatic nitrogens is 1. The minimum Gasteiger partial charge on any atom is -0.478 e. The van der Waals surface area contributed by atoms with Gasteiger partial charge >= 0.3 is 5.97 Å². The highest BCUT2D eigenvalue weighted by Crippen LogP contribution is 2.19. The Kier molecular flexibility index (Phi) is 4.59. The highest BCUT2D eigenvalue weighted by Gasteiger charge is 2.17. The lowest BCUT2D eigenvalue weighted by atomic mass is 10.1. The summed E-state index contributed by atoms with van der Waals surface area (Å²) in [5.41, 5.74) is -0.519. The van der Waals surface area contributed by atoms with Gasteiger partial charge in [-0.25, -0.2) is 9.78 Å². The fraction of sp³-hybridized carbons (Fsp3) is 0.455. The molecule has 2 N–H and O–H groups in total. The molecule has 1 heterocycles. The van der Waals surface area contributed by atoms with Gasteiger partial charge in [0.25, 0.3) is 5.69 Å². The van der Waals surface area contributed by atoms with E-state index in [1.807, 2.05) is 13.8 Å². The van der Waals surface area contributed by atoms with Gasteiger partial charge in [0.2, 0.25) is 0 Å². The molecule has 0 fully saturated rings. The van der Waals surface area contributed by atoms with Crippen molar-refractivity contribution in [3.63, 3.8) is 0 Å². The van der Waals surface area contributed by atoms with Crippen molar-refractivity contribution < 1.29 is 14.8 Å². The molecule has 0 aliphatic carbocycles. The third-order valence-electron chi connectivity index (χ3n) is 2.33. The zero-order valence-electron chi connectivity index (χ0n) is 10.2. The van der Waals surface area contributed by atoms with E-state index in [0.29, 0.717) is 12.5 Å². The maximum absolute atomic E-state index is 11.0. The molecule has 0 atom stereocenters. The van der Waals surface area contributed by atoms with E-state index in [1.165, 1.54) is 0 Å². The van der Waals surface area contributed by atoms with E-state index in [0.717, 1.165) is 18.7 Å². The second-order valence-electron chi connectivity index (χ2n) is 4.26. The summed E-state index contributed by atoms with van der Waals surface area (Å²) < 4.78 is 0. The van der Waals surface area contributed by atoms with Crippen molar-refractivity contribution >= 4 is 17.5 Å². The van der Waals surface area contributed by atoms with Gasteiger partial charge in [0, 0.05) is 12.6 Å². The molecule has 18 heavy (non-hydrogen) atoms. The number of aromatic carboxylic acids is 1. The summed E-state index contributed by atoms with van der Waals surface area (Å²) in [5.74, 6) is -0.601. The quantitative estimate of drug-likeness (QED) is 0.594. The first-order valence-corrected chi connectivity index (χ1v) is 5.53. The Bertz CT molecular complexity index is 460. The molecule has 1 rings (SSSR count). The molecule has 0 aromatic carbocycles. The zero-order valence-corrected chi connectivity index (χ0v) is 10.2. The highest BCUT2D eigenvalue weighted by molar-refractivity contribution is 5.93. The van der Waals surface area contributed by atoms with Gasteiger partial charge in [0.05, 0.1) is 4.92 Å². The highest BCUT2D eigenvalue weighted by atomic mass is 16.6. The van der Waals surface area contributed by atoms with Crippen LogP contribution in [0.1, 0.15) is 30.6 Å². The summed E-state index contributed by atoms with van der Waals surface area (Å²) in [6.07, 6.45) is 1.90. The van der Waals surface area contributed by atoms with Crippen LogP contribution in [-0.2, 0) is 0 Å². The van der Waals surface area contributed by atoms with Crippen molar-refractivity contribution in [2.24, 2.45) is 5.92 Å². The lowest BCUT2D eigenvalue weighted by molar-refractivity contribution is -0.385. The molecule has 0 amide bonds. The van der Waals surface area contributed by atoms with Crippen molar-refractivity contribution in [2.75, 3.05) is 11.9 Å². The SMILES string of the molecule is CC(C)CCNc1ncc([N+](=O)[O-])cc1C(=O)O. The van der Waals surface area contributed by atoms with Crippen molar-refractivity contribution in [1.29, 1.82) is 0 Å². The summed E-state index contributed by atoms with van der Waals surface area (Å²) >= 11 is 0. The van der Waals surface area contributed by atoms with Crippen LogP contribution in [0.15, 0.2) is 12.3 Å². The summed E-state index contributed by atoms with van der Waals surface area (Å²) in [4.78, 5) is 24.6. The summed E-state index contributed by atoms with van der Waals surface area (Å²) in [5, 5.41) is 22.4. The Morgan fingerprint density at radius 1 is 1.61 bits per heavy atom. The average Bonchev–Trinajstić information content (AvgIpc) is 2.28. The number of hydrogen-bond acceptors (Lipinski definition) is 5. The molecule has 98 valence electrons. The second-order valence-corrected chi connectivity index (χ2v) is 4.26. The Morgan fingerprint density at radius 3 is 2.78 bits per heavy atom.